The highest BCUT2D eigenvalue weighted by atomic mass is 31.2. The minimum Gasteiger partial charge on any atom is -0.444 e. The van der Waals surface area contributed by atoms with Crippen molar-refractivity contribution in [1.29, 1.82) is 0 Å². The lowest BCUT2D eigenvalue weighted by Gasteiger charge is -2.40. The third-order valence-electron chi connectivity index (χ3n) is 5.49. The summed E-state index contributed by atoms with van der Waals surface area (Å²) in [5.74, 6) is 0. The molecule has 34 heavy (non-hydrogen) atoms. The molecule has 4 rings (SSSR count). The van der Waals surface area contributed by atoms with Crippen molar-refractivity contribution in [2.24, 2.45) is 0 Å². The van der Waals surface area contributed by atoms with E-state index in [4.69, 9.17) is 4.74 Å². The topological polar surface area (TPSA) is 77.3 Å². The van der Waals surface area contributed by atoms with Crippen LogP contribution in [0.15, 0.2) is 36.5 Å². The van der Waals surface area contributed by atoms with Crippen LogP contribution in [0.3, 0.4) is 0 Å². The van der Waals surface area contributed by atoms with E-state index in [0.29, 0.717) is 40.7 Å². The Balaban J connectivity index is 1.76. The van der Waals surface area contributed by atoms with Crippen molar-refractivity contribution in [3.8, 4) is 11.3 Å². The Hall–Kier alpha value is -2.87. The summed E-state index contributed by atoms with van der Waals surface area (Å²) in [6.45, 7) is 9.33. The third-order valence-corrected chi connectivity index (χ3v) is 7.01. The largest absolute Gasteiger partial charge is 0.444 e. The molecule has 0 radical (unpaired) electrons. The van der Waals surface area contributed by atoms with E-state index in [-0.39, 0.29) is 6.04 Å². The van der Waals surface area contributed by atoms with Crippen LogP contribution in [0.5, 0.6) is 0 Å². The molecule has 0 N–H and O–H groups in total. The maximum absolute atomic E-state index is 13.1. The van der Waals surface area contributed by atoms with E-state index in [1.807, 2.05) is 0 Å². The first-order valence-corrected chi connectivity index (χ1v) is 13.3. The van der Waals surface area contributed by atoms with Gasteiger partial charge in [0.25, 0.3) is 0 Å². The van der Waals surface area contributed by atoms with E-state index in [1.165, 1.54) is 18.3 Å². The number of ether oxygens (including phenoxy) is 1. The predicted octanol–water partition coefficient (Wildman–Crippen LogP) is 5.16. The van der Waals surface area contributed by atoms with Crippen molar-refractivity contribution in [2.75, 3.05) is 26.4 Å². The first kappa shape index (κ1) is 24.3. The molecule has 0 bridgehead atoms. The number of rotatable bonds is 3. The minimum atomic E-state index is -4.44. The van der Waals surface area contributed by atoms with Gasteiger partial charge in [-0.25, -0.2) is 4.79 Å². The molecule has 0 unspecified atom stereocenters. The molecular formula is C23H26F3N4O3P. The second kappa shape index (κ2) is 8.12. The molecule has 0 spiro atoms. The number of pyridine rings is 1. The van der Waals surface area contributed by atoms with Gasteiger partial charge in [0.1, 0.15) is 24.0 Å². The molecule has 3 aromatic rings. The summed E-state index contributed by atoms with van der Waals surface area (Å²) in [5, 5.41) is 5.27. The number of likely N-dealkylation sites (tertiary alicyclic amines) is 1. The number of hydrogen-bond acceptors (Lipinski definition) is 5. The van der Waals surface area contributed by atoms with Gasteiger partial charge in [-0.2, -0.15) is 18.3 Å². The second-order valence-corrected chi connectivity index (χ2v) is 13.0. The van der Waals surface area contributed by atoms with Crippen molar-refractivity contribution in [3.63, 3.8) is 0 Å². The first-order chi connectivity index (χ1) is 15.6. The smallest absolute Gasteiger partial charge is 0.416 e. The number of hydrogen-bond donors (Lipinski definition) is 0. The SMILES string of the molecule is CC(C)(C)OC(=O)N1CC(n2nc(-c3ccc(C(F)(F)F)cc3)c3nccc(P(C)(C)=O)c32)C1. The maximum Gasteiger partial charge on any atom is 0.416 e. The van der Waals surface area contributed by atoms with Crippen LogP contribution in [0, 0.1) is 0 Å². The molecule has 0 aliphatic carbocycles. The molecule has 0 saturated carbocycles. The molecule has 1 aliphatic rings. The van der Waals surface area contributed by atoms with Crippen LogP contribution in [0.2, 0.25) is 0 Å². The van der Waals surface area contributed by atoms with E-state index < -0.39 is 30.6 Å². The van der Waals surface area contributed by atoms with Crippen LogP contribution in [-0.2, 0) is 15.5 Å². The Morgan fingerprint density at radius 3 is 2.24 bits per heavy atom. The predicted molar refractivity (Wildman–Crippen MR) is 124 cm³/mol. The lowest BCUT2D eigenvalue weighted by Crippen LogP contribution is -2.52. The van der Waals surface area contributed by atoms with Crippen molar-refractivity contribution in [1.82, 2.24) is 19.7 Å². The summed E-state index contributed by atoms with van der Waals surface area (Å²) in [4.78, 5) is 18.4. The normalized spacial score (nSPS) is 15.5. The summed E-state index contributed by atoms with van der Waals surface area (Å²) < 4.78 is 59.2. The summed E-state index contributed by atoms with van der Waals surface area (Å²) in [5.41, 5.74) is 0.509. The standard InChI is InChI=1S/C23H26F3N4O3P/c1-22(2,3)33-21(31)29-12-16(13-29)30-20-17(34(4,5)32)10-11-27-19(20)18(28-30)14-6-8-15(9-7-14)23(24,25)26/h6-11,16H,12-13H2,1-5H3. The Labute approximate surface area is 195 Å². The Morgan fingerprint density at radius 2 is 1.71 bits per heavy atom. The second-order valence-electron chi connectivity index (χ2n) is 9.79. The molecular weight excluding hydrogens is 468 g/mol. The Kier molecular flexibility index (Phi) is 5.79. The zero-order valence-corrected chi connectivity index (χ0v) is 20.4. The molecule has 7 nitrogen and oxygen atoms in total. The van der Waals surface area contributed by atoms with E-state index in [0.717, 1.165) is 12.1 Å². The average molecular weight is 494 g/mol. The highest BCUT2D eigenvalue weighted by Crippen LogP contribution is 2.41. The van der Waals surface area contributed by atoms with E-state index >= 15 is 0 Å². The molecule has 1 aromatic carbocycles. The van der Waals surface area contributed by atoms with Crippen LogP contribution in [0.25, 0.3) is 22.3 Å². The van der Waals surface area contributed by atoms with Crippen molar-refractivity contribution in [2.45, 2.75) is 38.6 Å². The fourth-order valence-corrected chi connectivity index (χ4v) is 4.99. The number of alkyl halides is 3. The van der Waals surface area contributed by atoms with E-state index in [9.17, 15) is 22.5 Å². The molecule has 1 fully saturated rings. The number of nitrogens with zero attached hydrogens (tertiary/aromatic N) is 4. The first-order valence-electron chi connectivity index (χ1n) is 10.7. The highest BCUT2D eigenvalue weighted by Gasteiger charge is 2.38. The van der Waals surface area contributed by atoms with E-state index in [1.54, 1.807) is 49.7 Å². The lowest BCUT2D eigenvalue weighted by atomic mass is 10.1. The van der Waals surface area contributed by atoms with Crippen molar-refractivity contribution in [3.05, 3.63) is 42.1 Å². The van der Waals surface area contributed by atoms with Gasteiger partial charge in [0, 0.05) is 30.2 Å². The monoisotopic (exact) mass is 494 g/mol. The van der Waals surface area contributed by atoms with Gasteiger partial charge in [-0.1, -0.05) is 12.1 Å². The van der Waals surface area contributed by atoms with Crippen LogP contribution >= 0.6 is 7.14 Å². The third kappa shape index (κ3) is 4.69. The van der Waals surface area contributed by atoms with Gasteiger partial charge >= 0.3 is 12.3 Å². The molecule has 3 heterocycles. The lowest BCUT2D eigenvalue weighted by molar-refractivity contribution is -0.137. The summed E-state index contributed by atoms with van der Waals surface area (Å²) in [6, 6.07) is 6.18. The number of aromatic nitrogens is 3. The van der Waals surface area contributed by atoms with E-state index in [2.05, 4.69) is 10.1 Å². The Bertz CT molecular complexity index is 1280. The molecule has 11 heteroatoms. The molecule has 182 valence electrons. The van der Waals surface area contributed by atoms with Gasteiger partial charge in [-0.15, -0.1) is 0 Å². The zero-order valence-electron chi connectivity index (χ0n) is 19.6. The van der Waals surface area contributed by atoms with Crippen LogP contribution < -0.4 is 5.30 Å². The molecule has 0 atom stereocenters. The summed E-state index contributed by atoms with van der Waals surface area (Å²) in [6.07, 6.45) is -3.34. The van der Waals surface area contributed by atoms with Gasteiger partial charge in [-0.3, -0.25) is 9.67 Å². The van der Waals surface area contributed by atoms with Crippen molar-refractivity contribution >= 4 is 29.6 Å². The Morgan fingerprint density at radius 1 is 1.09 bits per heavy atom. The van der Waals surface area contributed by atoms with Crippen LogP contribution in [0.4, 0.5) is 18.0 Å². The zero-order chi connectivity index (χ0) is 25.1. The number of carbonyl (C=O) groups excluding carboxylic acids is 1. The van der Waals surface area contributed by atoms with Gasteiger partial charge in [-0.05, 0) is 52.3 Å². The number of benzene rings is 1. The average Bonchev–Trinajstić information content (AvgIpc) is 3.03. The van der Waals surface area contributed by atoms with Gasteiger partial charge in [0.05, 0.1) is 17.1 Å². The minimum absolute atomic E-state index is 0.215. The maximum atomic E-state index is 13.1. The summed E-state index contributed by atoms with van der Waals surface area (Å²) in [7, 11) is -2.74. The van der Waals surface area contributed by atoms with Gasteiger partial charge in [0.15, 0.2) is 0 Å². The van der Waals surface area contributed by atoms with Gasteiger partial charge in [0.2, 0.25) is 0 Å². The summed E-state index contributed by atoms with van der Waals surface area (Å²) >= 11 is 0. The number of carbonyl (C=O) groups is 1. The number of halogens is 3. The van der Waals surface area contributed by atoms with Crippen molar-refractivity contribution < 1.29 is 27.3 Å². The fourth-order valence-electron chi connectivity index (χ4n) is 3.84. The number of amides is 1. The van der Waals surface area contributed by atoms with Gasteiger partial charge < -0.3 is 14.2 Å². The number of fused-ring (bicyclic) bond motifs is 1. The highest BCUT2D eigenvalue weighted by molar-refractivity contribution is 7.70. The molecule has 1 aliphatic heterocycles. The molecule has 1 saturated heterocycles. The van der Waals surface area contributed by atoms with Crippen LogP contribution in [0.1, 0.15) is 32.4 Å². The molecule has 1 amide bonds. The quantitative estimate of drug-likeness (QED) is 0.471. The van der Waals surface area contributed by atoms with Crippen LogP contribution in [-0.4, -0.2) is 57.8 Å². The molecule has 2 aromatic heterocycles. The fraction of sp³-hybridized carbons (Fsp3) is 0.435.